The minimum absolute atomic E-state index is 0.450. The van der Waals surface area contributed by atoms with Gasteiger partial charge in [-0.1, -0.05) is 78.7 Å². The van der Waals surface area contributed by atoms with Crippen molar-refractivity contribution in [3.05, 3.63) is 76.9 Å². The molecule has 0 aliphatic rings. The molecule has 0 heteroatoms. The van der Waals surface area contributed by atoms with Gasteiger partial charge in [-0.3, -0.25) is 0 Å². The molecule has 0 aliphatic carbocycles. The summed E-state index contributed by atoms with van der Waals surface area (Å²) in [5, 5.41) is 0. The molecule has 2 aromatic rings. The number of rotatable bonds is 3. The van der Waals surface area contributed by atoms with Gasteiger partial charge >= 0.3 is 0 Å². The van der Waals surface area contributed by atoms with Crippen LogP contribution in [0.5, 0.6) is 0 Å². The zero-order chi connectivity index (χ0) is 13.0. The van der Waals surface area contributed by atoms with Gasteiger partial charge in [-0.15, -0.1) is 0 Å². The summed E-state index contributed by atoms with van der Waals surface area (Å²) < 4.78 is 0. The van der Waals surface area contributed by atoms with Gasteiger partial charge in [0.1, 0.15) is 0 Å². The molecule has 0 heterocycles. The van der Waals surface area contributed by atoms with Crippen LogP contribution in [-0.2, 0) is 0 Å². The second-order valence-electron chi connectivity index (χ2n) is 4.97. The fourth-order valence-electron chi connectivity index (χ4n) is 2.00. The quantitative estimate of drug-likeness (QED) is 0.693. The standard InChI is InChI=1S/C18H20/c1-14-7-10-17(11-8-14)12-9-16(3)18-6-4-5-15(2)13-18/h4-13,16H,1-3H3. The van der Waals surface area contributed by atoms with E-state index >= 15 is 0 Å². The van der Waals surface area contributed by atoms with Crippen LogP contribution in [0.1, 0.15) is 35.1 Å². The Kier molecular flexibility index (Phi) is 3.99. The predicted octanol–water partition coefficient (Wildman–Crippen LogP) is 5.12. The van der Waals surface area contributed by atoms with Crippen molar-refractivity contribution in [1.82, 2.24) is 0 Å². The van der Waals surface area contributed by atoms with Crippen molar-refractivity contribution in [1.29, 1.82) is 0 Å². The summed E-state index contributed by atoms with van der Waals surface area (Å²) in [5.41, 5.74) is 5.26. The highest BCUT2D eigenvalue weighted by atomic mass is 14.1. The lowest BCUT2D eigenvalue weighted by Gasteiger charge is -2.07. The van der Waals surface area contributed by atoms with Gasteiger partial charge in [0, 0.05) is 0 Å². The lowest BCUT2D eigenvalue weighted by molar-refractivity contribution is 0.970. The maximum absolute atomic E-state index is 2.26. The second-order valence-corrected chi connectivity index (χ2v) is 4.97. The predicted molar refractivity (Wildman–Crippen MR) is 79.8 cm³/mol. The highest BCUT2D eigenvalue weighted by molar-refractivity contribution is 5.51. The first-order valence-electron chi connectivity index (χ1n) is 6.46. The summed E-state index contributed by atoms with van der Waals surface area (Å²) in [7, 11) is 0. The van der Waals surface area contributed by atoms with E-state index in [1.165, 1.54) is 22.3 Å². The van der Waals surface area contributed by atoms with E-state index in [1.807, 2.05) is 0 Å². The second kappa shape index (κ2) is 5.68. The van der Waals surface area contributed by atoms with E-state index < -0.39 is 0 Å². The van der Waals surface area contributed by atoms with Gasteiger partial charge in [-0.25, -0.2) is 0 Å². The number of benzene rings is 2. The van der Waals surface area contributed by atoms with Crippen molar-refractivity contribution in [3.8, 4) is 0 Å². The van der Waals surface area contributed by atoms with Crippen LogP contribution < -0.4 is 0 Å². The minimum Gasteiger partial charge on any atom is -0.0767 e. The maximum atomic E-state index is 2.26. The summed E-state index contributed by atoms with van der Waals surface area (Å²) in [4.78, 5) is 0. The van der Waals surface area contributed by atoms with Crippen LogP contribution >= 0.6 is 0 Å². The van der Waals surface area contributed by atoms with Crippen LogP contribution in [0.3, 0.4) is 0 Å². The molecule has 0 bridgehead atoms. The molecule has 2 aromatic carbocycles. The van der Waals surface area contributed by atoms with E-state index in [1.54, 1.807) is 0 Å². The summed E-state index contributed by atoms with van der Waals surface area (Å²) in [5.74, 6) is 0.450. The fraction of sp³-hybridized carbons (Fsp3) is 0.222. The Labute approximate surface area is 110 Å². The van der Waals surface area contributed by atoms with Crippen LogP contribution in [0.4, 0.5) is 0 Å². The van der Waals surface area contributed by atoms with Crippen LogP contribution in [0.2, 0.25) is 0 Å². The van der Waals surface area contributed by atoms with Gasteiger partial charge < -0.3 is 0 Å². The molecular formula is C18H20. The molecule has 0 N–H and O–H groups in total. The Bertz CT molecular complexity index is 532. The molecule has 0 aromatic heterocycles. The van der Waals surface area contributed by atoms with E-state index in [9.17, 15) is 0 Å². The summed E-state index contributed by atoms with van der Waals surface area (Å²) in [6.45, 7) is 6.49. The third kappa shape index (κ3) is 3.33. The van der Waals surface area contributed by atoms with Gasteiger partial charge in [0.05, 0.1) is 0 Å². The average molecular weight is 236 g/mol. The smallest absolute Gasteiger partial charge is 0.000701 e. The molecule has 0 amide bonds. The zero-order valence-electron chi connectivity index (χ0n) is 11.4. The maximum Gasteiger partial charge on any atom is -0.000701 e. The summed E-state index contributed by atoms with van der Waals surface area (Å²) in [6.07, 6.45) is 4.46. The first-order valence-corrected chi connectivity index (χ1v) is 6.46. The van der Waals surface area contributed by atoms with Gasteiger partial charge in [0.15, 0.2) is 0 Å². The average Bonchev–Trinajstić information content (AvgIpc) is 2.38. The summed E-state index contributed by atoms with van der Waals surface area (Å²) in [6, 6.07) is 17.3. The fourth-order valence-corrected chi connectivity index (χ4v) is 2.00. The highest BCUT2D eigenvalue weighted by Crippen LogP contribution is 2.19. The molecule has 18 heavy (non-hydrogen) atoms. The van der Waals surface area contributed by atoms with Crippen molar-refractivity contribution >= 4 is 6.08 Å². The Morgan fingerprint density at radius 3 is 2.28 bits per heavy atom. The van der Waals surface area contributed by atoms with Crippen LogP contribution in [0.25, 0.3) is 6.08 Å². The number of hydrogen-bond acceptors (Lipinski definition) is 0. The molecular weight excluding hydrogens is 216 g/mol. The van der Waals surface area contributed by atoms with E-state index in [2.05, 4.69) is 81.5 Å². The molecule has 0 nitrogen and oxygen atoms in total. The van der Waals surface area contributed by atoms with Gasteiger partial charge in [0.25, 0.3) is 0 Å². The van der Waals surface area contributed by atoms with E-state index in [-0.39, 0.29) is 0 Å². The molecule has 0 saturated carbocycles. The molecule has 1 atom stereocenters. The van der Waals surface area contributed by atoms with Crippen molar-refractivity contribution in [2.24, 2.45) is 0 Å². The van der Waals surface area contributed by atoms with Crippen molar-refractivity contribution in [2.75, 3.05) is 0 Å². The van der Waals surface area contributed by atoms with Crippen LogP contribution in [0, 0.1) is 13.8 Å². The Morgan fingerprint density at radius 2 is 1.61 bits per heavy atom. The lowest BCUT2D eigenvalue weighted by Crippen LogP contribution is -1.89. The van der Waals surface area contributed by atoms with Crippen LogP contribution in [-0.4, -0.2) is 0 Å². The molecule has 0 saturated heterocycles. The first-order chi connectivity index (χ1) is 8.65. The molecule has 1 unspecified atom stereocenters. The Morgan fingerprint density at radius 1 is 0.889 bits per heavy atom. The van der Waals surface area contributed by atoms with Gasteiger partial charge in [0.2, 0.25) is 0 Å². The van der Waals surface area contributed by atoms with Crippen LogP contribution in [0.15, 0.2) is 54.6 Å². The van der Waals surface area contributed by atoms with Crippen molar-refractivity contribution < 1.29 is 0 Å². The minimum atomic E-state index is 0.450. The number of allylic oxidation sites excluding steroid dienone is 1. The molecule has 0 fully saturated rings. The van der Waals surface area contributed by atoms with E-state index in [0.717, 1.165) is 0 Å². The molecule has 92 valence electrons. The third-order valence-corrected chi connectivity index (χ3v) is 3.22. The summed E-state index contributed by atoms with van der Waals surface area (Å²) >= 11 is 0. The largest absolute Gasteiger partial charge is 0.0767 e. The van der Waals surface area contributed by atoms with E-state index in [0.29, 0.717) is 5.92 Å². The van der Waals surface area contributed by atoms with E-state index in [4.69, 9.17) is 0 Å². The molecule has 2 rings (SSSR count). The monoisotopic (exact) mass is 236 g/mol. The normalized spacial score (nSPS) is 12.8. The highest BCUT2D eigenvalue weighted by Gasteiger charge is 2.00. The SMILES string of the molecule is Cc1ccc(C=CC(C)c2cccc(C)c2)cc1. The van der Waals surface area contributed by atoms with Crippen molar-refractivity contribution in [2.45, 2.75) is 26.7 Å². The first kappa shape index (κ1) is 12.6. The number of aryl methyl sites for hydroxylation is 2. The molecule has 0 radical (unpaired) electrons. The van der Waals surface area contributed by atoms with Crippen molar-refractivity contribution in [3.63, 3.8) is 0 Å². The topological polar surface area (TPSA) is 0 Å². The van der Waals surface area contributed by atoms with Gasteiger partial charge in [-0.05, 0) is 30.9 Å². The molecule has 0 spiro atoms. The lowest BCUT2D eigenvalue weighted by atomic mass is 9.98. The third-order valence-electron chi connectivity index (χ3n) is 3.22. The number of hydrogen-bond donors (Lipinski definition) is 0. The Balaban J connectivity index is 2.11. The molecule has 0 aliphatic heterocycles. The zero-order valence-corrected chi connectivity index (χ0v) is 11.4. The Hall–Kier alpha value is -1.82. The van der Waals surface area contributed by atoms with Gasteiger partial charge in [-0.2, -0.15) is 0 Å².